The molecule has 1 aliphatic heterocycles. The second kappa shape index (κ2) is 5.07. The minimum atomic E-state index is 0.299. The van der Waals surface area contributed by atoms with Gasteiger partial charge >= 0.3 is 0 Å². The summed E-state index contributed by atoms with van der Waals surface area (Å²) in [6.07, 6.45) is 2.09. The lowest BCUT2D eigenvalue weighted by Crippen LogP contribution is -2.20. The monoisotopic (exact) mass is 239 g/mol. The molecule has 1 N–H and O–H groups in total. The lowest BCUT2D eigenvalue weighted by molar-refractivity contribution is 0.263. The Morgan fingerprint density at radius 1 is 1.50 bits per heavy atom. The van der Waals surface area contributed by atoms with Gasteiger partial charge in [0.25, 0.3) is 0 Å². The van der Waals surface area contributed by atoms with Crippen LogP contribution < -0.4 is 4.90 Å². The van der Waals surface area contributed by atoms with Gasteiger partial charge in [-0.3, -0.25) is 0 Å². The first-order valence-corrected chi connectivity index (χ1v) is 6.20. The summed E-state index contributed by atoms with van der Waals surface area (Å²) in [5, 5.41) is 9.74. The van der Waals surface area contributed by atoms with Crippen molar-refractivity contribution in [3.8, 4) is 0 Å². The van der Waals surface area contributed by atoms with E-state index in [0.717, 1.165) is 24.5 Å². The Morgan fingerprint density at radius 2 is 2.31 bits per heavy atom. The maximum Gasteiger partial charge on any atom is 0.0434 e. The van der Waals surface area contributed by atoms with E-state index in [1.54, 1.807) is 0 Å². The minimum absolute atomic E-state index is 0.299. The third-order valence-electron chi connectivity index (χ3n) is 3.34. The van der Waals surface area contributed by atoms with Crippen molar-refractivity contribution in [3.63, 3.8) is 0 Å². The number of nitrogens with zero attached hydrogens (tertiary/aromatic N) is 1. The molecule has 0 amide bonds. The second-order valence-electron chi connectivity index (χ2n) is 4.54. The molecule has 1 atom stereocenters. The van der Waals surface area contributed by atoms with E-state index < -0.39 is 0 Å². The third kappa shape index (κ3) is 2.50. The zero-order valence-electron chi connectivity index (χ0n) is 9.62. The maximum absolute atomic E-state index is 8.94. The standard InChI is InChI=1S/C13H18ClNO/c1-10-2-3-12(14)8-13(10)15-6-4-11(9-15)5-7-16/h2-3,8,11,16H,4-7,9H2,1H3. The lowest BCUT2D eigenvalue weighted by Gasteiger charge is -2.21. The summed E-state index contributed by atoms with van der Waals surface area (Å²) in [6, 6.07) is 6.04. The number of hydrogen-bond acceptors (Lipinski definition) is 2. The molecule has 2 nitrogen and oxygen atoms in total. The summed E-state index contributed by atoms with van der Waals surface area (Å²) >= 11 is 6.03. The summed E-state index contributed by atoms with van der Waals surface area (Å²) in [4.78, 5) is 2.38. The Bertz CT molecular complexity index is 367. The second-order valence-corrected chi connectivity index (χ2v) is 4.98. The minimum Gasteiger partial charge on any atom is -0.396 e. The van der Waals surface area contributed by atoms with Gasteiger partial charge in [0.05, 0.1) is 0 Å². The van der Waals surface area contributed by atoms with Gasteiger partial charge in [-0.2, -0.15) is 0 Å². The molecule has 1 aromatic rings. The molecule has 0 spiro atoms. The van der Waals surface area contributed by atoms with Crippen LogP contribution in [0.4, 0.5) is 5.69 Å². The highest BCUT2D eigenvalue weighted by atomic mass is 35.5. The van der Waals surface area contributed by atoms with Gasteiger partial charge < -0.3 is 10.0 Å². The number of benzene rings is 1. The van der Waals surface area contributed by atoms with Gasteiger partial charge in [0.1, 0.15) is 0 Å². The zero-order chi connectivity index (χ0) is 11.5. The summed E-state index contributed by atoms with van der Waals surface area (Å²) in [5.74, 6) is 0.628. The molecule has 0 aromatic heterocycles. The largest absolute Gasteiger partial charge is 0.396 e. The molecule has 1 heterocycles. The van der Waals surface area contributed by atoms with Crippen LogP contribution in [0.3, 0.4) is 0 Å². The highest BCUT2D eigenvalue weighted by molar-refractivity contribution is 6.30. The topological polar surface area (TPSA) is 23.5 Å². The van der Waals surface area contributed by atoms with Gasteiger partial charge in [-0.25, -0.2) is 0 Å². The zero-order valence-corrected chi connectivity index (χ0v) is 10.4. The van der Waals surface area contributed by atoms with Crippen molar-refractivity contribution < 1.29 is 5.11 Å². The Balaban J connectivity index is 2.11. The summed E-state index contributed by atoms with van der Waals surface area (Å²) in [7, 11) is 0. The Morgan fingerprint density at radius 3 is 3.06 bits per heavy atom. The quantitative estimate of drug-likeness (QED) is 0.877. The molecule has 3 heteroatoms. The van der Waals surface area contributed by atoms with Crippen molar-refractivity contribution in [1.29, 1.82) is 0 Å². The van der Waals surface area contributed by atoms with E-state index in [0.29, 0.717) is 12.5 Å². The average Bonchev–Trinajstić information content (AvgIpc) is 2.71. The number of aliphatic hydroxyl groups excluding tert-OH is 1. The molecule has 1 unspecified atom stereocenters. The van der Waals surface area contributed by atoms with E-state index in [1.807, 2.05) is 12.1 Å². The summed E-state index contributed by atoms with van der Waals surface area (Å²) in [6.45, 7) is 4.53. The number of aryl methyl sites for hydroxylation is 1. The molecule has 1 saturated heterocycles. The van der Waals surface area contributed by atoms with Crippen LogP contribution in [0.2, 0.25) is 5.02 Å². The molecule has 0 radical (unpaired) electrons. The highest BCUT2D eigenvalue weighted by Crippen LogP contribution is 2.30. The fourth-order valence-electron chi connectivity index (χ4n) is 2.39. The average molecular weight is 240 g/mol. The number of rotatable bonds is 3. The van der Waals surface area contributed by atoms with Crippen LogP contribution >= 0.6 is 11.6 Å². The van der Waals surface area contributed by atoms with E-state index in [9.17, 15) is 0 Å². The normalized spacial score (nSPS) is 20.4. The number of hydrogen-bond donors (Lipinski definition) is 1. The molecule has 88 valence electrons. The van der Waals surface area contributed by atoms with Crippen LogP contribution in [0.15, 0.2) is 18.2 Å². The van der Waals surface area contributed by atoms with Crippen LogP contribution in [0, 0.1) is 12.8 Å². The van der Waals surface area contributed by atoms with E-state index in [1.165, 1.54) is 17.7 Å². The molecule has 1 aromatic carbocycles. The molecule has 0 saturated carbocycles. The van der Waals surface area contributed by atoms with E-state index in [2.05, 4.69) is 17.9 Å². The molecule has 1 fully saturated rings. The van der Waals surface area contributed by atoms with Crippen LogP contribution in [-0.2, 0) is 0 Å². The first-order chi connectivity index (χ1) is 7.70. The molecule has 16 heavy (non-hydrogen) atoms. The predicted molar refractivity (Wildman–Crippen MR) is 68.2 cm³/mol. The number of anilines is 1. The Labute approximate surface area is 102 Å². The summed E-state index contributed by atoms with van der Waals surface area (Å²) in [5.41, 5.74) is 2.52. The lowest BCUT2D eigenvalue weighted by atomic mass is 10.1. The van der Waals surface area contributed by atoms with Crippen molar-refractivity contribution in [1.82, 2.24) is 0 Å². The first kappa shape index (κ1) is 11.7. The molecule has 1 aliphatic rings. The SMILES string of the molecule is Cc1ccc(Cl)cc1N1CCC(CCO)C1. The predicted octanol–water partition coefficient (Wildman–Crippen LogP) is 2.86. The smallest absolute Gasteiger partial charge is 0.0434 e. The number of halogens is 1. The van der Waals surface area contributed by atoms with Crippen molar-refractivity contribution >= 4 is 17.3 Å². The fourth-order valence-corrected chi connectivity index (χ4v) is 2.56. The van der Waals surface area contributed by atoms with Crippen molar-refractivity contribution in [2.75, 3.05) is 24.6 Å². The maximum atomic E-state index is 8.94. The van der Waals surface area contributed by atoms with E-state index in [-0.39, 0.29) is 0 Å². The van der Waals surface area contributed by atoms with Crippen LogP contribution in [0.5, 0.6) is 0 Å². The van der Waals surface area contributed by atoms with Gasteiger partial charge in [-0.1, -0.05) is 17.7 Å². The van der Waals surface area contributed by atoms with Crippen molar-refractivity contribution in [2.45, 2.75) is 19.8 Å². The van der Waals surface area contributed by atoms with Gasteiger partial charge in [-0.15, -0.1) is 0 Å². The molecular formula is C13H18ClNO. The van der Waals surface area contributed by atoms with E-state index in [4.69, 9.17) is 16.7 Å². The van der Waals surface area contributed by atoms with Crippen LogP contribution in [0.25, 0.3) is 0 Å². The Kier molecular flexibility index (Phi) is 3.72. The van der Waals surface area contributed by atoms with Gasteiger partial charge in [0.15, 0.2) is 0 Å². The molecule has 0 bridgehead atoms. The Hall–Kier alpha value is -0.730. The fraction of sp³-hybridized carbons (Fsp3) is 0.538. The molecule has 2 rings (SSSR count). The van der Waals surface area contributed by atoms with Crippen molar-refractivity contribution in [3.05, 3.63) is 28.8 Å². The number of aliphatic hydroxyl groups is 1. The molecular weight excluding hydrogens is 222 g/mol. The van der Waals surface area contributed by atoms with Crippen LogP contribution in [-0.4, -0.2) is 24.8 Å². The van der Waals surface area contributed by atoms with Gasteiger partial charge in [-0.05, 0) is 43.4 Å². The van der Waals surface area contributed by atoms with Crippen molar-refractivity contribution in [2.24, 2.45) is 5.92 Å². The third-order valence-corrected chi connectivity index (χ3v) is 3.57. The van der Waals surface area contributed by atoms with Gasteiger partial charge in [0, 0.05) is 30.4 Å². The first-order valence-electron chi connectivity index (χ1n) is 5.82. The molecule has 0 aliphatic carbocycles. The summed E-state index contributed by atoms with van der Waals surface area (Å²) < 4.78 is 0. The van der Waals surface area contributed by atoms with Crippen LogP contribution in [0.1, 0.15) is 18.4 Å². The van der Waals surface area contributed by atoms with E-state index >= 15 is 0 Å². The van der Waals surface area contributed by atoms with Gasteiger partial charge in [0.2, 0.25) is 0 Å². The highest BCUT2D eigenvalue weighted by Gasteiger charge is 2.23.